The minimum atomic E-state index is 0.331. The van der Waals surface area contributed by atoms with Crippen molar-refractivity contribution in [3.8, 4) is 0 Å². The van der Waals surface area contributed by atoms with E-state index < -0.39 is 0 Å². The molecule has 1 aliphatic heterocycles. The molecule has 0 aromatic rings. The van der Waals surface area contributed by atoms with Gasteiger partial charge in [0.05, 0.1) is 26.4 Å². The zero-order chi connectivity index (χ0) is 16.4. The average Bonchev–Trinajstić information content (AvgIpc) is 3.38. The van der Waals surface area contributed by atoms with Gasteiger partial charge in [-0.3, -0.25) is 0 Å². The molecule has 0 aromatic carbocycles. The molecule has 0 N–H and O–H groups in total. The van der Waals surface area contributed by atoms with Crippen LogP contribution in [0.5, 0.6) is 0 Å². The summed E-state index contributed by atoms with van der Waals surface area (Å²) in [5, 5.41) is 0. The van der Waals surface area contributed by atoms with Crippen LogP contribution in [0.1, 0.15) is 84.0 Å². The van der Waals surface area contributed by atoms with Crippen LogP contribution < -0.4 is 0 Å². The molecule has 1 rings (SSSR count). The standard InChI is InChI=1S/C19H38O4/c1-2-3-4-5-6-7-8-9-10-11-12-13-14-22-23-16-15-20-17-19-18-21-19/h19H,2-18H2,1H3. The fourth-order valence-electron chi connectivity index (χ4n) is 2.59. The van der Waals surface area contributed by atoms with E-state index in [4.69, 9.17) is 19.2 Å². The maximum atomic E-state index is 5.35. The van der Waals surface area contributed by atoms with Crippen molar-refractivity contribution in [2.45, 2.75) is 90.1 Å². The highest BCUT2D eigenvalue weighted by atomic mass is 17.2. The van der Waals surface area contributed by atoms with E-state index in [2.05, 4.69) is 6.92 Å². The Balaban J connectivity index is 1.59. The van der Waals surface area contributed by atoms with E-state index in [1.807, 2.05) is 0 Å². The molecule has 1 atom stereocenters. The van der Waals surface area contributed by atoms with Gasteiger partial charge in [-0.05, 0) is 6.42 Å². The summed E-state index contributed by atoms with van der Waals surface area (Å²) in [4.78, 5) is 10.2. The quantitative estimate of drug-likeness (QED) is 0.144. The lowest BCUT2D eigenvalue weighted by Crippen LogP contribution is -2.09. The molecule has 1 saturated heterocycles. The predicted octanol–water partition coefficient (Wildman–Crippen LogP) is 5.05. The highest BCUT2D eigenvalue weighted by Gasteiger charge is 2.21. The third-order valence-electron chi connectivity index (χ3n) is 4.18. The van der Waals surface area contributed by atoms with Crippen LogP contribution in [0.4, 0.5) is 0 Å². The van der Waals surface area contributed by atoms with Gasteiger partial charge in [0.2, 0.25) is 0 Å². The van der Waals surface area contributed by atoms with Crippen molar-refractivity contribution >= 4 is 0 Å². The third kappa shape index (κ3) is 16.5. The lowest BCUT2D eigenvalue weighted by molar-refractivity contribution is -0.299. The Hall–Kier alpha value is -0.160. The fraction of sp³-hybridized carbons (Fsp3) is 1.00. The Morgan fingerprint density at radius 1 is 0.696 bits per heavy atom. The summed E-state index contributed by atoms with van der Waals surface area (Å²) >= 11 is 0. The van der Waals surface area contributed by atoms with Crippen molar-refractivity contribution in [3.63, 3.8) is 0 Å². The number of ether oxygens (including phenoxy) is 2. The van der Waals surface area contributed by atoms with Gasteiger partial charge in [0.25, 0.3) is 0 Å². The molecular formula is C19H38O4. The second-order valence-electron chi connectivity index (χ2n) is 6.56. The summed E-state index contributed by atoms with van der Waals surface area (Å²) < 4.78 is 10.4. The maximum absolute atomic E-state index is 5.35. The zero-order valence-electron chi connectivity index (χ0n) is 15.2. The van der Waals surface area contributed by atoms with Crippen molar-refractivity contribution < 1.29 is 19.2 Å². The Morgan fingerprint density at radius 2 is 1.22 bits per heavy atom. The first-order valence-electron chi connectivity index (χ1n) is 9.87. The van der Waals surface area contributed by atoms with Crippen LogP contribution in [-0.4, -0.2) is 39.1 Å². The minimum Gasteiger partial charge on any atom is -0.376 e. The van der Waals surface area contributed by atoms with Gasteiger partial charge in [0, 0.05) is 0 Å². The van der Waals surface area contributed by atoms with Gasteiger partial charge < -0.3 is 9.47 Å². The Kier molecular flexibility index (Phi) is 15.2. The fourth-order valence-corrected chi connectivity index (χ4v) is 2.59. The average molecular weight is 331 g/mol. The number of unbranched alkanes of at least 4 members (excludes halogenated alkanes) is 11. The molecule has 1 aliphatic rings. The van der Waals surface area contributed by atoms with Crippen LogP contribution in [0, 0.1) is 0 Å². The van der Waals surface area contributed by atoms with Crippen LogP contribution in [-0.2, 0) is 19.2 Å². The lowest BCUT2D eigenvalue weighted by atomic mass is 10.1. The lowest BCUT2D eigenvalue weighted by Gasteiger charge is -2.05. The SMILES string of the molecule is CCCCCCCCCCCCCCOOCCOCC1CO1. The van der Waals surface area contributed by atoms with E-state index in [9.17, 15) is 0 Å². The predicted molar refractivity (Wildman–Crippen MR) is 93.5 cm³/mol. The Labute approximate surface area is 143 Å². The first kappa shape index (κ1) is 20.9. The molecule has 0 radical (unpaired) electrons. The topological polar surface area (TPSA) is 40.2 Å². The van der Waals surface area contributed by atoms with Crippen molar-refractivity contribution in [1.82, 2.24) is 0 Å². The Morgan fingerprint density at radius 3 is 1.78 bits per heavy atom. The molecule has 1 heterocycles. The van der Waals surface area contributed by atoms with E-state index in [1.54, 1.807) is 0 Å². The number of rotatable bonds is 19. The van der Waals surface area contributed by atoms with Crippen molar-refractivity contribution in [2.75, 3.05) is 33.0 Å². The van der Waals surface area contributed by atoms with Gasteiger partial charge in [-0.1, -0.05) is 77.6 Å². The van der Waals surface area contributed by atoms with Crippen molar-refractivity contribution in [2.24, 2.45) is 0 Å². The minimum absolute atomic E-state index is 0.331. The van der Waals surface area contributed by atoms with E-state index in [-0.39, 0.29) is 0 Å². The van der Waals surface area contributed by atoms with Crippen LogP contribution >= 0.6 is 0 Å². The first-order valence-corrected chi connectivity index (χ1v) is 9.87. The summed E-state index contributed by atoms with van der Waals surface area (Å²) in [6.07, 6.45) is 16.6. The van der Waals surface area contributed by atoms with Gasteiger partial charge in [-0.15, -0.1) is 0 Å². The zero-order valence-corrected chi connectivity index (χ0v) is 15.2. The van der Waals surface area contributed by atoms with E-state index in [1.165, 1.54) is 70.6 Å². The first-order chi connectivity index (χ1) is 11.4. The molecular weight excluding hydrogens is 292 g/mol. The molecule has 1 unspecified atom stereocenters. The summed E-state index contributed by atoms with van der Waals surface area (Å²) in [6.45, 7) is 5.59. The molecule has 23 heavy (non-hydrogen) atoms. The van der Waals surface area contributed by atoms with E-state index in [0.29, 0.717) is 32.5 Å². The van der Waals surface area contributed by atoms with Crippen LogP contribution in [0.25, 0.3) is 0 Å². The van der Waals surface area contributed by atoms with Crippen LogP contribution in [0.2, 0.25) is 0 Å². The van der Waals surface area contributed by atoms with Gasteiger partial charge in [-0.2, -0.15) is 0 Å². The molecule has 0 aromatic heterocycles. The third-order valence-corrected chi connectivity index (χ3v) is 4.18. The normalized spacial score (nSPS) is 16.8. The van der Waals surface area contributed by atoms with Crippen molar-refractivity contribution in [3.05, 3.63) is 0 Å². The second kappa shape index (κ2) is 16.7. The smallest absolute Gasteiger partial charge is 0.106 e. The number of epoxide rings is 1. The van der Waals surface area contributed by atoms with Gasteiger partial charge in [0.1, 0.15) is 12.7 Å². The molecule has 0 amide bonds. The molecule has 0 saturated carbocycles. The molecule has 138 valence electrons. The van der Waals surface area contributed by atoms with Gasteiger partial charge >= 0.3 is 0 Å². The van der Waals surface area contributed by atoms with Crippen LogP contribution in [0.3, 0.4) is 0 Å². The summed E-state index contributed by atoms with van der Waals surface area (Å²) in [6, 6.07) is 0. The molecule has 4 heteroatoms. The molecule has 0 aliphatic carbocycles. The second-order valence-corrected chi connectivity index (χ2v) is 6.56. The monoisotopic (exact) mass is 330 g/mol. The summed E-state index contributed by atoms with van der Waals surface area (Å²) in [5.74, 6) is 0. The number of hydrogen-bond acceptors (Lipinski definition) is 4. The van der Waals surface area contributed by atoms with Gasteiger partial charge in [0.15, 0.2) is 0 Å². The van der Waals surface area contributed by atoms with Crippen molar-refractivity contribution in [1.29, 1.82) is 0 Å². The summed E-state index contributed by atoms with van der Waals surface area (Å²) in [5.41, 5.74) is 0. The van der Waals surface area contributed by atoms with Gasteiger partial charge in [-0.25, -0.2) is 9.78 Å². The highest BCUT2D eigenvalue weighted by Crippen LogP contribution is 2.12. The van der Waals surface area contributed by atoms with E-state index in [0.717, 1.165) is 13.0 Å². The molecule has 4 nitrogen and oxygen atoms in total. The Bertz CT molecular complexity index is 231. The van der Waals surface area contributed by atoms with Crippen LogP contribution in [0.15, 0.2) is 0 Å². The largest absolute Gasteiger partial charge is 0.376 e. The highest BCUT2D eigenvalue weighted by molar-refractivity contribution is 4.66. The molecule has 1 fully saturated rings. The maximum Gasteiger partial charge on any atom is 0.106 e. The molecule has 0 bridgehead atoms. The summed E-state index contributed by atoms with van der Waals surface area (Å²) in [7, 11) is 0. The molecule has 0 spiro atoms. The van der Waals surface area contributed by atoms with E-state index >= 15 is 0 Å². The number of hydrogen-bond donors (Lipinski definition) is 0.